The monoisotopic (exact) mass is 311 g/mol. The van der Waals surface area contributed by atoms with Crippen molar-refractivity contribution >= 4 is 11.9 Å². The molecule has 0 heterocycles. The SMILES string of the molecule is CCC(C(=O)NCCc1ccc(C(=O)O)cc1)c1ccccc1. The van der Waals surface area contributed by atoms with Crippen LogP contribution in [0, 0.1) is 0 Å². The van der Waals surface area contributed by atoms with Gasteiger partial charge in [-0.1, -0.05) is 49.4 Å². The lowest BCUT2D eigenvalue weighted by atomic mass is 9.95. The number of amides is 1. The summed E-state index contributed by atoms with van der Waals surface area (Å²) < 4.78 is 0. The third-order valence-corrected chi connectivity index (χ3v) is 3.84. The van der Waals surface area contributed by atoms with E-state index in [0.717, 1.165) is 17.5 Å². The van der Waals surface area contributed by atoms with E-state index >= 15 is 0 Å². The van der Waals surface area contributed by atoms with Gasteiger partial charge in [0.25, 0.3) is 0 Å². The molecule has 2 aromatic carbocycles. The highest BCUT2D eigenvalue weighted by Crippen LogP contribution is 2.19. The number of carbonyl (C=O) groups is 2. The Kier molecular flexibility index (Phi) is 5.92. The summed E-state index contributed by atoms with van der Waals surface area (Å²) >= 11 is 0. The van der Waals surface area contributed by atoms with Gasteiger partial charge in [-0.25, -0.2) is 4.79 Å². The number of hydrogen-bond acceptors (Lipinski definition) is 2. The minimum atomic E-state index is -0.932. The van der Waals surface area contributed by atoms with Crippen molar-refractivity contribution < 1.29 is 14.7 Å². The van der Waals surface area contributed by atoms with Crippen LogP contribution in [-0.2, 0) is 11.2 Å². The molecule has 120 valence electrons. The molecule has 0 spiro atoms. The molecule has 2 N–H and O–H groups in total. The third kappa shape index (κ3) is 4.68. The third-order valence-electron chi connectivity index (χ3n) is 3.84. The van der Waals surface area contributed by atoms with Crippen molar-refractivity contribution in [1.82, 2.24) is 5.32 Å². The largest absolute Gasteiger partial charge is 0.478 e. The van der Waals surface area contributed by atoms with E-state index in [1.165, 1.54) is 0 Å². The molecule has 2 rings (SSSR count). The molecule has 0 aromatic heterocycles. The number of hydrogen-bond donors (Lipinski definition) is 2. The number of carbonyl (C=O) groups excluding carboxylic acids is 1. The Morgan fingerprint density at radius 1 is 1.04 bits per heavy atom. The summed E-state index contributed by atoms with van der Waals surface area (Å²) in [6.45, 7) is 2.54. The molecule has 0 aliphatic heterocycles. The van der Waals surface area contributed by atoms with Gasteiger partial charge in [0, 0.05) is 6.54 Å². The molecule has 2 aromatic rings. The smallest absolute Gasteiger partial charge is 0.335 e. The summed E-state index contributed by atoms with van der Waals surface area (Å²) in [7, 11) is 0. The molecule has 23 heavy (non-hydrogen) atoms. The van der Waals surface area contributed by atoms with Gasteiger partial charge in [0.05, 0.1) is 11.5 Å². The van der Waals surface area contributed by atoms with Crippen molar-refractivity contribution in [3.05, 3.63) is 71.3 Å². The van der Waals surface area contributed by atoms with Gasteiger partial charge in [-0.2, -0.15) is 0 Å². The molecule has 1 atom stereocenters. The van der Waals surface area contributed by atoms with E-state index in [1.54, 1.807) is 24.3 Å². The summed E-state index contributed by atoms with van der Waals surface area (Å²) in [4.78, 5) is 23.1. The lowest BCUT2D eigenvalue weighted by Gasteiger charge is -2.15. The summed E-state index contributed by atoms with van der Waals surface area (Å²) in [5.74, 6) is -1.04. The summed E-state index contributed by atoms with van der Waals surface area (Å²) in [5.41, 5.74) is 2.30. The van der Waals surface area contributed by atoms with E-state index in [0.29, 0.717) is 13.0 Å². The minimum absolute atomic E-state index is 0.0286. The molecule has 0 aliphatic carbocycles. The van der Waals surface area contributed by atoms with Gasteiger partial charge in [-0.15, -0.1) is 0 Å². The van der Waals surface area contributed by atoms with Gasteiger partial charge in [0.1, 0.15) is 0 Å². The molecular weight excluding hydrogens is 290 g/mol. The molecule has 1 amide bonds. The number of rotatable bonds is 7. The number of aromatic carboxylic acids is 1. The predicted octanol–water partition coefficient (Wildman–Crippen LogP) is 3.24. The van der Waals surface area contributed by atoms with Crippen molar-refractivity contribution in [2.75, 3.05) is 6.54 Å². The zero-order chi connectivity index (χ0) is 16.7. The van der Waals surface area contributed by atoms with Crippen LogP contribution in [0.4, 0.5) is 0 Å². The molecule has 4 heteroatoms. The Morgan fingerprint density at radius 2 is 1.70 bits per heavy atom. The second-order valence-corrected chi connectivity index (χ2v) is 5.41. The van der Waals surface area contributed by atoms with Crippen LogP contribution < -0.4 is 5.32 Å². The van der Waals surface area contributed by atoms with E-state index in [2.05, 4.69) is 5.32 Å². The standard InChI is InChI=1S/C19H21NO3/c1-2-17(15-6-4-3-5-7-15)18(21)20-13-12-14-8-10-16(11-9-14)19(22)23/h3-11,17H,2,12-13H2,1H3,(H,20,21)(H,22,23). The number of carboxylic acid groups (broad SMARTS) is 1. The van der Waals surface area contributed by atoms with Crippen LogP contribution in [0.2, 0.25) is 0 Å². The van der Waals surface area contributed by atoms with Crippen molar-refractivity contribution in [3.8, 4) is 0 Å². The average Bonchev–Trinajstić information content (AvgIpc) is 2.57. The van der Waals surface area contributed by atoms with Crippen LogP contribution >= 0.6 is 0 Å². The Morgan fingerprint density at radius 3 is 2.26 bits per heavy atom. The van der Waals surface area contributed by atoms with E-state index < -0.39 is 5.97 Å². The zero-order valence-electron chi connectivity index (χ0n) is 13.2. The van der Waals surface area contributed by atoms with Crippen LogP contribution in [0.25, 0.3) is 0 Å². The maximum absolute atomic E-state index is 12.3. The van der Waals surface area contributed by atoms with Gasteiger partial charge in [-0.3, -0.25) is 4.79 Å². The Labute approximate surface area is 136 Å². The van der Waals surface area contributed by atoms with Gasteiger partial charge in [0.2, 0.25) is 5.91 Å². The molecule has 0 aliphatic rings. The van der Waals surface area contributed by atoms with Gasteiger partial charge >= 0.3 is 5.97 Å². The Bertz CT molecular complexity index is 650. The van der Waals surface area contributed by atoms with Crippen molar-refractivity contribution in [1.29, 1.82) is 0 Å². The Hall–Kier alpha value is -2.62. The first-order valence-corrected chi connectivity index (χ1v) is 7.76. The summed E-state index contributed by atoms with van der Waals surface area (Å²) in [6, 6.07) is 16.5. The van der Waals surface area contributed by atoms with Crippen molar-refractivity contribution in [3.63, 3.8) is 0 Å². The van der Waals surface area contributed by atoms with Gasteiger partial charge in [-0.05, 0) is 36.1 Å². The highest BCUT2D eigenvalue weighted by molar-refractivity contribution is 5.87. The fourth-order valence-electron chi connectivity index (χ4n) is 2.53. The summed E-state index contributed by atoms with van der Waals surface area (Å²) in [5, 5.41) is 11.8. The first-order valence-electron chi connectivity index (χ1n) is 7.76. The molecular formula is C19H21NO3. The molecule has 0 bridgehead atoms. The Balaban J connectivity index is 1.87. The topological polar surface area (TPSA) is 66.4 Å². The first-order chi connectivity index (χ1) is 11.1. The van der Waals surface area contributed by atoms with E-state index in [4.69, 9.17) is 5.11 Å². The van der Waals surface area contributed by atoms with E-state index in [1.807, 2.05) is 37.3 Å². The summed E-state index contributed by atoms with van der Waals surface area (Å²) in [6.07, 6.45) is 1.43. The van der Waals surface area contributed by atoms with Crippen LogP contribution in [0.5, 0.6) is 0 Å². The van der Waals surface area contributed by atoms with Crippen LogP contribution in [0.15, 0.2) is 54.6 Å². The number of benzene rings is 2. The zero-order valence-corrected chi connectivity index (χ0v) is 13.2. The first kappa shape index (κ1) is 16.7. The fraction of sp³-hybridized carbons (Fsp3) is 0.263. The average molecular weight is 311 g/mol. The number of carboxylic acids is 1. The maximum Gasteiger partial charge on any atom is 0.335 e. The number of nitrogens with one attached hydrogen (secondary N) is 1. The quantitative estimate of drug-likeness (QED) is 0.825. The highest BCUT2D eigenvalue weighted by Gasteiger charge is 2.17. The maximum atomic E-state index is 12.3. The van der Waals surface area contributed by atoms with E-state index in [9.17, 15) is 9.59 Å². The predicted molar refractivity (Wildman–Crippen MR) is 89.6 cm³/mol. The fourth-order valence-corrected chi connectivity index (χ4v) is 2.53. The van der Waals surface area contributed by atoms with Crippen LogP contribution in [0.1, 0.15) is 40.7 Å². The molecule has 4 nitrogen and oxygen atoms in total. The second-order valence-electron chi connectivity index (χ2n) is 5.41. The van der Waals surface area contributed by atoms with E-state index in [-0.39, 0.29) is 17.4 Å². The van der Waals surface area contributed by atoms with Crippen molar-refractivity contribution in [2.45, 2.75) is 25.7 Å². The van der Waals surface area contributed by atoms with Gasteiger partial charge < -0.3 is 10.4 Å². The molecule has 1 unspecified atom stereocenters. The van der Waals surface area contributed by atoms with Crippen LogP contribution in [0.3, 0.4) is 0 Å². The normalized spacial score (nSPS) is 11.7. The molecule has 0 saturated carbocycles. The lowest BCUT2D eigenvalue weighted by Crippen LogP contribution is -2.30. The molecule has 0 radical (unpaired) electrons. The molecule has 0 fully saturated rings. The lowest BCUT2D eigenvalue weighted by molar-refractivity contribution is -0.122. The van der Waals surface area contributed by atoms with Crippen molar-refractivity contribution in [2.24, 2.45) is 0 Å². The van der Waals surface area contributed by atoms with Crippen LogP contribution in [-0.4, -0.2) is 23.5 Å². The minimum Gasteiger partial charge on any atom is -0.478 e. The van der Waals surface area contributed by atoms with Gasteiger partial charge in [0.15, 0.2) is 0 Å². The molecule has 0 saturated heterocycles. The second kappa shape index (κ2) is 8.13. The highest BCUT2D eigenvalue weighted by atomic mass is 16.4.